The zero-order valence-electron chi connectivity index (χ0n) is 15.3. The monoisotopic (exact) mass is 364 g/mol. The van der Waals surface area contributed by atoms with E-state index in [2.05, 4.69) is 15.3 Å². The van der Waals surface area contributed by atoms with Crippen molar-refractivity contribution in [3.8, 4) is 17.2 Å². The summed E-state index contributed by atoms with van der Waals surface area (Å²) in [5.41, 5.74) is 2.71. The maximum atomic E-state index is 5.50. The molecule has 0 atom stereocenters. The Hall–Kier alpha value is -3.07. The minimum absolute atomic E-state index is 0.298. The summed E-state index contributed by atoms with van der Waals surface area (Å²) >= 11 is 0. The molecule has 4 aromatic rings. The van der Waals surface area contributed by atoms with Crippen molar-refractivity contribution in [1.29, 1.82) is 0 Å². The minimum atomic E-state index is 0.298. The van der Waals surface area contributed by atoms with Gasteiger partial charge in [0.25, 0.3) is 0 Å². The molecule has 1 saturated heterocycles. The molecule has 138 valence electrons. The van der Waals surface area contributed by atoms with Crippen LogP contribution in [0.25, 0.3) is 22.7 Å². The van der Waals surface area contributed by atoms with Crippen LogP contribution in [0.1, 0.15) is 30.3 Å². The summed E-state index contributed by atoms with van der Waals surface area (Å²) in [5, 5.41) is 18.0. The van der Waals surface area contributed by atoms with Crippen molar-refractivity contribution < 1.29 is 4.74 Å². The number of hydrogen-bond acceptors (Lipinski definition) is 6. The first-order valence-electron chi connectivity index (χ1n) is 9.06. The first-order valence-corrected chi connectivity index (χ1v) is 9.06. The van der Waals surface area contributed by atoms with Crippen molar-refractivity contribution in [3.63, 3.8) is 0 Å². The van der Waals surface area contributed by atoms with Gasteiger partial charge in [0.2, 0.25) is 0 Å². The molecule has 9 heteroatoms. The van der Waals surface area contributed by atoms with E-state index in [-0.39, 0.29) is 0 Å². The normalized spacial score (nSPS) is 15.6. The Morgan fingerprint density at radius 2 is 1.93 bits per heavy atom. The number of nitrogens with zero attached hydrogens (tertiary/aromatic N) is 8. The standard InChI is InChI=1S/C18H20N8O/c1-12-16(14-4-3-8-20-26(14)22-12)18-21-17(13-6-10-27-11-7-13)23-25(18)15-5-9-19-24(15)2/h3-5,8-9,13H,6-7,10-11H2,1-2H3. The third kappa shape index (κ3) is 2.62. The molecule has 0 aromatic carbocycles. The maximum absolute atomic E-state index is 5.50. The molecule has 0 N–H and O–H groups in total. The van der Waals surface area contributed by atoms with Gasteiger partial charge in [0.1, 0.15) is 0 Å². The van der Waals surface area contributed by atoms with Crippen molar-refractivity contribution in [2.75, 3.05) is 13.2 Å². The van der Waals surface area contributed by atoms with Crippen molar-refractivity contribution in [1.82, 2.24) is 39.4 Å². The first-order chi connectivity index (χ1) is 13.2. The Kier molecular flexibility index (Phi) is 3.75. The van der Waals surface area contributed by atoms with Gasteiger partial charge in [-0.25, -0.2) is 4.98 Å². The molecule has 5 rings (SSSR count). The molecule has 4 aromatic heterocycles. The fourth-order valence-corrected chi connectivity index (χ4v) is 3.63. The maximum Gasteiger partial charge on any atom is 0.169 e. The average Bonchev–Trinajstić information content (AvgIpc) is 3.38. The molecule has 0 amide bonds. The van der Waals surface area contributed by atoms with Crippen LogP contribution in [0.4, 0.5) is 0 Å². The third-order valence-corrected chi connectivity index (χ3v) is 5.04. The zero-order valence-corrected chi connectivity index (χ0v) is 15.3. The summed E-state index contributed by atoms with van der Waals surface area (Å²) in [6.45, 7) is 3.47. The van der Waals surface area contributed by atoms with Crippen LogP contribution in [0, 0.1) is 6.92 Å². The molecule has 5 heterocycles. The van der Waals surface area contributed by atoms with E-state index in [1.54, 1.807) is 21.7 Å². The van der Waals surface area contributed by atoms with E-state index < -0.39 is 0 Å². The third-order valence-electron chi connectivity index (χ3n) is 5.04. The van der Waals surface area contributed by atoms with Crippen LogP contribution in [0.2, 0.25) is 0 Å². The van der Waals surface area contributed by atoms with Gasteiger partial charge < -0.3 is 4.74 Å². The Balaban J connectivity index is 1.73. The molecule has 9 nitrogen and oxygen atoms in total. The highest BCUT2D eigenvalue weighted by Gasteiger charge is 2.26. The molecule has 0 bridgehead atoms. The minimum Gasteiger partial charge on any atom is -0.381 e. The lowest BCUT2D eigenvalue weighted by molar-refractivity contribution is 0.0836. The summed E-state index contributed by atoms with van der Waals surface area (Å²) in [6.07, 6.45) is 5.36. The van der Waals surface area contributed by atoms with Gasteiger partial charge in [0.15, 0.2) is 17.5 Å². The fraction of sp³-hybridized carbons (Fsp3) is 0.389. The second-order valence-corrected chi connectivity index (χ2v) is 6.76. The SMILES string of the molecule is Cc1nn2ncccc2c1-c1nc(C2CCOCC2)nn1-c1ccnn1C. The van der Waals surface area contributed by atoms with Crippen LogP contribution in [-0.4, -0.2) is 52.6 Å². The number of ether oxygens (including phenoxy) is 1. The molecule has 1 aliphatic rings. The van der Waals surface area contributed by atoms with Crippen LogP contribution < -0.4 is 0 Å². The Bertz CT molecular complexity index is 1100. The van der Waals surface area contributed by atoms with Gasteiger partial charge in [0, 0.05) is 38.4 Å². The highest BCUT2D eigenvalue weighted by Crippen LogP contribution is 2.31. The summed E-state index contributed by atoms with van der Waals surface area (Å²) in [7, 11) is 1.90. The second-order valence-electron chi connectivity index (χ2n) is 6.76. The predicted molar refractivity (Wildman–Crippen MR) is 97.6 cm³/mol. The molecular weight excluding hydrogens is 344 g/mol. The molecule has 0 radical (unpaired) electrons. The van der Waals surface area contributed by atoms with E-state index in [1.807, 2.05) is 36.9 Å². The number of rotatable bonds is 3. The Labute approximate surface area is 155 Å². The lowest BCUT2D eigenvalue weighted by Gasteiger charge is -2.18. The lowest BCUT2D eigenvalue weighted by Crippen LogP contribution is -2.15. The largest absolute Gasteiger partial charge is 0.381 e. The molecule has 27 heavy (non-hydrogen) atoms. The predicted octanol–water partition coefficient (Wildman–Crippen LogP) is 1.91. The molecule has 0 saturated carbocycles. The topological polar surface area (TPSA) is 87.9 Å². The highest BCUT2D eigenvalue weighted by atomic mass is 16.5. The Morgan fingerprint density at radius 3 is 2.70 bits per heavy atom. The van der Waals surface area contributed by atoms with Crippen LogP contribution in [0.15, 0.2) is 30.6 Å². The van der Waals surface area contributed by atoms with Crippen LogP contribution in [0.3, 0.4) is 0 Å². The van der Waals surface area contributed by atoms with Crippen molar-refractivity contribution in [3.05, 3.63) is 42.1 Å². The van der Waals surface area contributed by atoms with Gasteiger partial charge in [0.05, 0.1) is 23.0 Å². The van der Waals surface area contributed by atoms with E-state index >= 15 is 0 Å². The van der Waals surface area contributed by atoms with Crippen molar-refractivity contribution in [2.24, 2.45) is 7.05 Å². The van der Waals surface area contributed by atoms with Gasteiger partial charge >= 0.3 is 0 Å². The van der Waals surface area contributed by atoms with Gasteiger partial charge in [-0.15, -0.1) is 5.10 Å². The molecule has 0 unspecified atom stereocenters. The summed E-state index contributed by atoms with van der Waals surface area (Å²) in [6, 6.07) is 5.84. The number of fused-ring (bicyclic) bond motifs is 1. The van der Waals surface area contributed by atoms with Crippen molar-refractivity contribution >= 4 is 5.52 Å². The van der Waals surface area contributed by atoms with Crippen LogP contribution >= 0.6 is 0 Å². The van der Waals surface area contributed by atoms with E-state index in [4.69, 9.17) is 14.8 Å². The summed E-state index contributed by atoms with van der Waals surface area (Å²) < 4.78 is 10.8. The highest BCUT2D eigenvalue weighted by molar-refractivity contribution is 5.78. The second kappa shape index (κ2) is 6.27. The number of aryl methyl sites for hydroxylation is 2. The molecule has 0 aliphatic carbocycles. The first kappa shape index (κ1) is 16.1. The van der Waals surface area contributed by atoms with E-state index in [0.717, 1.165) is 60.3 Å². The fourth-order valence-electron chi connectivity index (χ4n) is 3.63. The smallest absolute Gasteiger partial charge is 0.169 e. The zero-order chi connectivity index (χ0) is 18.4. The number of hydrogen-bond donors (Lipinski definition) is 0. The number of aromatic nitrogens is 8. The molecule has 0 spiro atoms. The molecule has 1 fully saturated rings. The van der Waals surface area contributed by atoms with E-state index in [1.165, 1.54) is 0 Å². The lowest BCUT2D eigenvalue weighted by atomic mass is 10.00. The summed E-state index contributed by atoms with van der Waals surface area (Å²) in [5.74, 6) is 2.77. The van der Waals surface area contributed by atoms with Gasteiger partial charge in [-0.1, -0.05) is 0 Å². The van der Waals surface area contributed by atoms with Crippen molar-refractivity contribution in [2.45, 2.75) is 25.7 Å². The van der Waals surface area contributed by atoms with E-state index in [9.17, 15) is 0 Å². The molecular formula is C18H20N8O. The summed E-state index contributed by atoms with van der Waals surface area (Å²) in [4.78, 5) is 4.96. The molecule has 1 aliphatic heterocycles. The van der Waals surface area contributed by atoms with Crippen LogP contribution in [0.5, 0.6) is 0 Å². The Morgan fingerprint density at radius 1 is 1.07 bits per heavy atom. The average molecular weight is 364 g/mol. The van der Waals surface area contributed by atoms with Gasteiger partial charge in [-0.3, -0.25) is 4.68 Å². The van der Waals surface area contributed by atoms with Gasteiger partial charge in [-0.2, -0.15) is 24.6 Å². The van der Waals surface area contributed by atoms with Gasteiger partial charge in [-0.05, 0) is 31.9 Å². The quantitative estimate of drug-likeness (QED) is 0.552. The van der Waals surface area contributed by atoms with Crippen LogP contribution in [-0.2, 0) is 11.8 Å². The van der Waals surface area contributed by atoms with E-state index in [0.29, 0.717) is 5.92 Å².